The SMILES string of the molecule is CCc1cc(N2CCOCC2)c2nccc(C(C)CCN3CCN(c4cc(OC)cc5c(C(C)C)ccnc45)CC3)c2c1. The molecular weight excluding hydrogens is 534 g/mol. The monoisotopic (exact) mass is 581 g/mol. The summed E-state index contributed by atoms with van der Waals surface area (Å²) in [4.78, 5) is 17.3. The number of hydrogen-bond donors (Lipinski definition) is 0. The van der Waals surface area contributed by atoms with Gasteiger partial charge in [0.2, 0.25) is 0 Å². The summed E-state index contributed by atoms with van der Waals surface area (Å²) in [5, 5.41) is 2.52. The van der Waals surface area contributed by atoms with Crippen molar-refractivity contribution >= 4 is 33.2 Å². The maximum atomic E-state index is 5.73. The molecule has 0 saturated carbocycles. The number of morpholine rings is 1. The molecule has 1 unspecified atom stereocenters. The molecule has 1 atom stereocenters. The van der Waals surface area contributed by atoms with Gasteiger partial charge >= 0.3 is 0 Å². The molecule has 0 bridgehead atoms. The van der Waals surface area contributed by atoms with Crippen LogP contribution < -0.4 is 14.5 Å². The Balaban J connectivity index is 1.15. The van der Waals surface area contributed by atoms with Crippen LogP contribution in [0.2, 0.25) is 0 Å². The summed E-state index contributed by atoms with van der Waals surface area (Å²) in [7, 11) is 1.76. The van der Waals surface area contributed by atoms with Gasteiger partial charge in [-0.05, 0) is 78.2 Å². The molecule has 2 aromatic heterocycles. The lowest BCUT2D eigenvalue weighted by atomic mass is 9.92. The zero-order valence-corrected chi connectivity index (χ0v) is 26.6. The van der Waals surface area contributed by atoms with Crippen molar-refractivity contribution in [2.45, 2.75) is 52.4 Å². The fourth-order valence-electron chi connectivity index (χ4n) is 6.83. The molecule has 7 heteroatoms. The second-order valence-corrected chi connectivity index (χ2v) is 12.5. The third-order valence-corrected chi connectivity index (χ3v) is 9.49. The average Bonchev–Trinajstić information content (AvgIpc) is 3.06. The Morgan fingerprint density at radius 2 is 1.42 bits per heavy atom. The first kappa shape index (κ1) is 29.6. The van der Waals surface area contributed by atoms with Crippen molar-refractivity contribution in [2.24, 2.45) is 0 Å². The number of aryl methyl sites for hydroxylation is 1. The lowest BCUT2D eigenvalue weighted by molar-refractivity contribution is 0.123. The fraction of sp³-hybridized carbons (Fsp3) is 0.500. The number of methoxy groups -OCH3 is 1. The van der Waals surface area contributed by atoms with Crippen LogP contribution in [0.1, 0.15) is 62.6 Å². The third-order valence-electron chi connectivity index (χ3n) is 9.49. The van der Waals surface area contributed by atoms with Gasteiger partial charge in [-0.3, -0.25) is 14.9 Å². The van der Waals surface area contributed by atoms with E-state index in [1.807, 2.05) is 12.4 Å². The number of ether oxygens (including phenoxy) is 2. The van der Waals surface area contributed by atoms with E-state index < -0.39 is 0 Å². The van der Waals surface area contributed by atoms with E-state index >= 15 is 0 Å². The summed E-state index contributed by atoms with van der Waals surface area (Å²) in [6.07, 6.45) is 6.13. The smallest absolute Gasteiger partial charge is 0.121 e. The Labute approximate surface area is 256 Å². The van der Waals surface area contributed by atoms with Crippen LogP contribution in [-0.2, 0) is 11.2 Å². The average molecular weight is 582 g/mol. The lowest BCUT2D eigenvalue weighted by Crippen LogP contribution is -2.46. The van der Waals surface area contributed by atoms with E-state index in [0.717, 1.165) is 88.7 Å². The molecule has 43 heavy (non-hydrogen) atoms. The molecule has 0 spiro atoms. The van der Waals surface area contributed by atoms with Crippen molar-refractivity contribution in [3.8, 4) is 5.75 Å². The van der Waals surface area contributed by atoms with E-state index in [4.69, 9.17) is 19.4 Å². The van der Waals surface area contributed by atoms with Crippen LogP contribution in [0.25, 0.3) is 21.8 Å². The second-order valence-electron chi connectivity index (χ2n) is 12.5. The van der Waals surface area contributed by atoms with Crippen molar-refractivity contribution in [3.05, 3.63) is 65.5 Å². The maximum Gasteiger partial charge on any atom is 0.121 e. The van der Waals surface area contributed by atoms with Crippen molar-refractivity contribution in [2.75, 3.05) is 75.9 Å². The van der Waals surface area contributed by atoms with E-state index in [9.17, 15) is 0 Å². The van der Waals surface area contributed by atoms with Crippen molar-refractivity contribution in [3.63, 3.8) is 0 Å². The van der Waals surface area contributed by atoms with E-state index in [0.29, 0.717) is 11.8 Å². The molecule has 7 nitrogen and oxygen atoms in total. The largest absolute Gasteiger partial charge is 0.497 e. The highest BCUT2D eigenvalue weighted by Gasteiger charge is 2.23. The van der Waals surface area contributed by atoms with Gasteiger partial charge in [0.15, 0.2) is 0 Å². The molecule has 6 rings (SSSR count). The molecular formula is C36H47N5O2. The van der Waals surface area contributed by atoms with E-state index in [-0.39, 0.29) is 0 Å². The summed E-state index contributed by atoms with van der Waals surface area (Å²) < 4.78 is 11.4. The molecule has 2 fully saturated rings. The van der Waals surface area contributed by atoms with Crippen LogP contribution in [0, 0.1) is 0 Å². The summed E-state index contributed by atoms with van der Waals surface area (Å²) >= 11 is 0. The fourth-order valence-corrected chi connectivity index (χ4v) is 6.83. The summed E-state index contributed by atoms with van der Waals surface area (Å²) in [5.41, 5.74) is 8.80. The maximum absolute atomic E-state index is 5.73. The molecule has 2 saturated heterocycles. The number of aromatic nitrogens is 2. The Kier molecular flexibility index (Phi) is 9.01. The molecule has 2 aliphatic heterocycles. The van der Waals surface area contributed by atoms with Gasteiger partial charge in [0.1, 0.15) is 5.75 Å². The lowest BCUT2D eigenvalue weighted by Gasteiger charge is -2.37. The number of anilines is 2. The number of fused-ring (bicyclic) bond motifs is 2. The van der Waals surface area contributed by atoms with Gasteiger partial charge in [-0.2, -0.15) is 0 Å². The number of nitrogens with zero attached hydrogens (tertiary/aromatic N) is 5. The molecule has 228 valence electrons. The molecule has 2 aromatic carbocycles. The minimum atomic E-state index is 0.432. The van der Waals surface area contributed by atoms with Crippen LogP contribution in [0.3, 0.4) is 0 Å². The second kappa shape index (κ2) is 13.1. The zero-order chi connectivity index (χ0) is 29.9. The number of rotatable bonds is 9. The molecule has 0 aliphatic carbocycles. The highest BCUT2D eigenvalue weighted by Crippen LogP contribution is 2.36. The normalized spacial score (nSPS) is 17.3. The van der Waals surface area contributed by atoms with Gasteiger partial charge in [0.05, 0.1) is 42.7 Å². The van der Waals surface area contributed by atoms with Crippen molar-refractivity contribution in [1.29, 1.82) is 0 Å². The highest BCUT2D eigenvalue weighted by molar-refractivity contribution is 5.95. The summed E-state index contributed by atoms with van der Waals surface area (Å²) in [6, 6.07) is 13.4. The molecule has 0 amide bonds. The Bertz CT molecular complexity index is 1560. The van der Waals surface area contributed by atoms with Gasteiger partial charge in [-0.15, -0.1) is 0 Å². The van der Waals surface area contributed by atoms with E-state index in [1.54, 1.807) is 7.11 Å². The molecule has 0 N–H and O–H groups in total. The van der Waals surface area contributed by atoms with E-state index in [2.05, 4.69) is 78.8 Å². The van der Waals surface area contributed by atoms with Crippen LogP contribution in [0.5, 0.6) is 5.75 Å². The predicted molar refractivity (Wildman–Crippen MR) is 178 cm³/mol. The van der Waals surface area contributed by atoms with Gasteiger partial charge < -0.3 is 19.3 Å². The molecule has 4 aromatic rings. The number of benzene rings is 2. The molecule has 4 heterocycles. The van der Waals surface area contributed by atoms with Gasteiger partial charge in [-0.25, -0.2) is 0 Å². The number of piperazine rings is 1. The minimum absolute atomic E-state index is 0.432. The van der Waals surface area contributed by atoms with Gasteiger partial charge in [0, 0.05) is 68.5 Å². The Hall–Kier alpha value is -3.42. The van der Waals surface area contributed by atoms with Crippen molar-refractivity contribution in [1.82, 2.24) is 14.9 Å². The number of pyridine rings is 2. The quantitative estimate of drug-likeness (QED) is 0.220. The predicted octanol–water partition coefficient (Wildman–Crippen LogP) is 6.63. The molecule has 2 aliphatic rings. The Morgan fingerprint density at radius 3 is 2.07 bits per heavy atom. The Morgan fingerprint density at radius 1 is 0.791 bits per heavy atom. The molecule has 0 radical (unpaired) electrons. The van der Waals surface area contributed by atoms with Crippen LogP contribution >= 0.6 is 0 Å². The summed E-state index contributed by atoms with van der Waals surface area (Å²) in [5.74, 6) is 1.79. The standard InChI is InChI=1S/C36H47N5O2/c1-6-27-21-31-30(8-11-38-35(31)33(22-27)41-17-19-43-20-18-41)26(4)9-12-39-13-15-40(16-14-39)34-24-28(42-5)23-32-29(25(2)3)7-10-37-36(32)34/h7-8,10-11,21-26H,6,9,12-20H2,1-5H3. The van der Waals surface area contributed by atoms with E-state index in [1.165, 1.54) is 38.8 Å². The minimum Gasteiger partial charge on any atom is -0.497 e. The first-order valence-electron chi connectivity index (χ1n) is 16.1. The first-order valence-corrected chi connectivity index (χ1v) is 16.1. The number of hydrogen-bond acceptors (Lipinski definition) is 7. The van der Waals surface area contributed by atoms with Gasteiger partial charge in [0.25, 0.3) is 0 Å². The van der Waals surface area contributed by atoms with Crippen LogP contribution in [0.4, 0.5) is 11.4 Å². The van der Waals surface area contributed by atoms with Crippen LogP contribution in [-0.4, -0.2) is 81.0 Å². The first-order chi connectivity index (χ1) is 21.0. The third kappa shape index (κ3) is 6.16. The highest BCUT2D eigenvalue weighted by atomic mass is 16.5. The van der Waals surface area contributed by atoms with Gasteiger partial charge in [-0.1, -0.05) is 27.7 Å². The zero-order valence-electron chi connectivity index (χ0n) is 26.6. The van der Waals surface area contributed by atoms with Crippen molar-refractivity contribution < 1.29 is 9.47 Å². The summed E-state index contributed by atoms with van der Waals surface area (Å²) in [6.45, 7) is 17.7. The van der Waals surface area contributed by atoms with Crippen LogP contribution in [0.15, 0.2) is 48.8 Å². The topological polar surface area (TPSA) is 54.0 Å².